The first-order chi connectivity index (χ1) is 22.2. The van der Waals surface area contributed by atoms with Gasteiger partial charge in [-0.1, -0.05) is 30.3 Å². The Bertz CT molecular complexity index is 1900. The third-order valence-corrected chi connectivity index (χ3v) is 10.6. The first-order valence-electron chi connectivity index (χ1n) is 15.7. The Hall–Kier alpha value is -4.09. The number of anilines is 1. The highest BCUT2D eigenvalue weighted by molar-refractivity contribution is 6.36. The molecule has 4 atom stereocenters. The van der Waals surface area contributed by atoms with Crippen molar-refractivity contribution in [3.8, 4) is 23.0 Å². The summed E-state index contributed by atoms with van der Waals surface area (Å²) in [5, 5.41) is 12.5. The number of nitrogens with zero attached hydrogens (tertiary/aromatic N) is 6. The average Bonchev–Trinajstić information content (AvgIpc) is 3.66. The number of carbonyl (C=O) groups is 1. The number of ether oxygens (including phenoxy) is 1. The lowest BCUT2D eigenvalue weighted by atomic mass is 9.95. The Morgan fingerprint density at radius 3 is 2.78 bits per heavy atom. The molecular weight excluding hydrogens is 614 g/mol. The number of phenolic OH excluding ortho intramolecular Hbond substituents is 1. The largest absolute Gasteiger partial charge is 0.508 e. The number of hydrogen-bond donors (Lipinski definition) is 1. The Kier molecular flexibility index (Phi) is 7.02. The molecule has 0 radical (unpaired) electrons. The summed E-state index contributed by atoms with van der Waals surface area (Å²) in [4.78, 5) is 32.7. The highest BCUT2D eigenvalue weighted by atomic mass is 35.5. The molecule has 9 nitrogen and oxygen atoms in total. The van der Waals surface area contributed by atoms with Gasteiger partial charge in [0.2, 0.25) is 5.91 Å². The maximum atomic E-state index is 16.8. The zero-order chi connectivity index (χ0) is 31.7. The topological polar surface area (TPSA) is 94.9 Å². The van der Waals surface area contributed by atoms with Crippen LogP contribution >= 0.6 is 11.6 Å². The number of amides is 1. The Morgan fingerprint density at radius 1 is 1.20 bits per heavy atom. The molecule has 0 saturated carbocycles. The monoisotopic (exact) mass is 646 g/mol. The fraction of sp³-hybridized carbons (Fsp3) is 0.412. The molecule has 238 valence electrons. The van der Waals surface area contributed by atoms with E-state index in [0.717, 1.165) is 32.2 Å². The standard InChI is InChI=1S/C34H33ClF2N6O3/c1-2-27(45)43-21-7-8-22(43)17-41(16-21)32-25-14-38-30(24-12-23(44)11-19-5-3-6-26(35)28(19)24)29(37)31(25)39-33(40-32)46-18-34-9-4-10-42(34)15-20(36)13-34/h2-3,5-6,11-12,14,20-22,44H,1,4,7-10,13,15-18H2/t20-,21?,22?,34+/m1/s1. The minimum atomic E-state index is -0.919. The summed E-state index contributed by atoms with van der Waals surface area (Å²) in [6.45, 7) is 6.06. The number of pyridine rings is 1. The summed E-state index contributed by atoms with van der Waals surface area (Å²) in [5.41, 5.74) is -0.110. The minimum absolute atomic E-state index is 0.00201. The second-order valence-electron chi connectivity index (χ2n) is 12.9. The van der Waals surface area contributed by atoms with Crippen LogP contribution in [0.15, 0.2) is 49.2 Å². The van der Waals surface area contributed by atoms with Crippen LogP contribution in [0, 0.1) is 5.82 Å². The Balaban J connectivity index is 1.24. The van der Waals surface area contributed by atoms with E-state index in [2.05, 4.69) is 26.3 Å². The van der Waals surface area contributed by atoms with E-state index in [-0.39, 0.29) is 47.6 Å². The van der Waals surface area contributed by atoms with Gasteiger partial charge in [0, 0.05) is 60.3 Å². The van der Waals surface area contributed by atoms with Crippen molar-refractivity contribution in [2.24, 2.45) is 0 Å². The number of fused-ring (bicyclic) bond motifs is 5. The maximum Gasteiger partial charge on any atom is 0.319 e. The lowest BCUT2D eigenvalue weighted by molar-refractivity contribution is -0.129. The van der Waals surface area contributed by atoms with Crippen LogP contribution in [0.2, 0.25) is 5.02 Å². The number of benzene rings is 2. The molecule has 1 amide bonds. The molecule has 4 fully saturated rings. The number of phenols is 1. The maximum absolute atomic E-state index is 16.8. The summed E-state index contributed by atoms with van der Waals surface area (Å²) in [7, 11) is 0. The molecule has 6 heterocycles. The molecule has 2 unspecified atom stereocenters. The van der Waals surface area contributed by atoms with E-state index < -0.39 is 17.5 Å². The van der Waals surface area contributed by atoms with Crippen molar-refractivity contribution in [1.29, 1.82) is 0 Å². The summed E-state index contributed by atoms with van der Waals surface area (Å²) >= 11 is 6.57. The SMILES string of the molecule is C=CC(=O)N1C2CCC1CN(c1nc(OC[C@@]34CCCN3C[C@H](F)C4)nc3c(F)c(-c4cc(O)cc5cccc(Cl)c45)ncc13)C2. The molecule has 4 aliphatic rings. The summed E-state index contributed by atoms with van der Waals surface area (Å²) in [5.74, 6) is -0.383. The minimum Gasteiger partial charge on any atom is -0.508 e. The van der Waals surface area contributed by atoms with Crippen molar-refractivity contribution in [2.45, 2.75) is 55.9 Å². The molecule has 0 aliphatic carbocycles. The van der Waals surface area contributed by atoms with E-state index in [4.69, 9.17) is 21.3 Å². The molecule has 12 heteroatoms. The summed E-state index contributed by atoms with van der Waals surface area (Å²) in [6.07, 6.45) is 5.81. The number of aromatic nitrogens is 3. The first kappa shape index (κ1) is 29.3. The van der Waals surface area contributed by atoms with Gasteiger partial charge in [-0.15, -0.1) is 0 Å². The molecule has 4 aromatic rings. The van der Waals surface area contributed by atoms with Crippen LogP contribution in [0.1, 0.15) is 32.1 Å². The first-order valence-corrected chi connectivity index (χ1v) is 16.1. The van der Waals surface area contributed by atoms with Gasteiger partial charge >= 0.3 is 6.01 Å². The van der Waals surface area contributed by atoms with Gasteiger partial charge in [0.05, 0.1) is 10.9 Å². The third kappa shape index (κ3) is 4.66. The Morgan fingerprint density at radius 2 is 2.00 bits per heavy atom. The highest BCUT2D eigenvalue weighted by Gasteiger charge is 2.49. The van der Waals surface area contributed by atoms with Gasteiger partial charge < -0.3 is 19.6 Å². The molecule has 0 spiro atoms. The molecule has 8 rings (SSSR count). The smallest absolute Gasteiger partial charge is 0.319 e. The van der Waals surface area contributed by atoms with Crippen LogP contribution in [0.3, 0.4) is 0 Å². The third-order valence-electron chi connectivity index (χ3n) is 10.3. The lowest BCUT2D eigenvalue weighted by Gasteiger charge is -2.41. The zero-order valence-electron chi connectivity index (χ0n) is 25.1. The number of alkyl halides is 1. The highest BCUT2D eigenvalue weighted by Crippen LogP contribution is 2.42. The van der Waals surface area contributed by atoms with Crippen LogP contribution in [-0.4, -0.2) is 92.3 Å². The van der Waals surface area contributed by atoms with Gasteiger partial charge in [0.1, 0.15) is 35.6 Å². The van der Waals surface area contributed by atoms with Gasteiger partial charge in [-0.2, -0.15) is 9.97 Å². The van der Waals surface area contributed by atoms with Crippen LogP contribution in [-0.2, 0) is 4.79 Å². The predicted molar refractivity (Wildman–Crippen MR) is 172 cm³/mol. The number of aromatic hydroxyl groups is 1. The number of hydrogen-bond acceptors (Lipinski definition) is 8. The molecule has 1 N–H and O–H groups in total. The zero-order valence-corrected chi connectivity index (χ0v) is 25.9. The van der Waals surface area contributed by atoms with Gasteiger partial charge in [-0.25, -0.2) is 8.78 Å². The number of halogens is 3. The van der Waals surface area contributed by atoms with Gasteiger partial charge in [-0.3, -0.25) is 14.7 Å². The second-order valence-corrected chi connectivity index (χ2v) is 13.4. The second kappa shape index (κ2) is 11.0. The molecule has 2 aromatic heterocycles. The van der Waals surface area contributed by atoms with Gasteiger partial charge in [0.25, 0.3) is 0 Å². The average molecular weight is 647 g/mol. The predicted octanol–water partition coefficient (Wildman–Crippen LogP) is 5.66. The van der Waals surface area contributed by atoms with E-state index in [1.165, 1.54) is 12.1 Å². The van der Waals surface area contributed by atoms with Crippen molar-refractivity contribution >= 4 is 45.0 Å². The van der Waals surface area contributed by atoms with Crippen molar-refractivity contribution < 1.29 is 23.4 Å². The van der Waals surface area contributed by atoms with E-state index in [0.29, 0.717) is 58.6 Å². The molecule has 46 heavy (non-hydrogen) atoms. The number of piperazine rings is 1. The number of rotatable bonds is 6. The van der Waals surface area contributed by atoms with Crippen LogP contribution in [0.4, 0.5) is 14.6 Å². The van der Waals surface area contributed by atoms with E-state index in [9.17, 15) is 14.3 Å². The normalized spacial score (nSPS) is 25.8. The van der Waals surface area contributed by atoms with Crippen molar-refractivity contribution in [3.63, 3.8) is 0 Å². The Labute approximate surface area is 269 Å². The van der Waals surface area contributed by atoms with E-state index in [1.807, 2.05) is 4.90 Å². The van der Waals surface area contributed by atoms with Gasteiger partial charge in [0.15, 0.2) is 5.82 Å². The molecule has 2 bridgehead atoms. The number of carbonyl (C=O) groups excluding carboxylic acids is 1. The van der Waals surface area contributed by atoms with E-state index >= 15 is 4.39 Å². The molecule has 2 aromatic carbocycles. The molecular formula is C34H33ClF2N6O3. The summed E-state index contributed by atoms with van der Waals surface area (Å²) < 4.78 is 37.5. The molecule has 4 saturated heterocycles. The quantitative estimate of drug-likeness (QED) is 0.268. The van der Waals surface area contributed by atoms with Crippen LogP contribution in [0.5, 0.6) is 11.8 Å². The van der Waals surface area contributed by atoms with Crippen LogP contribution < -0.4 is 9.64 Å². The fourth-order valence-electron chi connectivity index (χ4n) is 8.26. The van der Waals surface area contributed by atoms with Crippen molar-refractivity contribution in [1.82, 2.24) is 24.8 Å². The van der Waals surface area contributed by atoms with E-state index in [1.54, 1.807) is 30.5 Å². The lowest BCUT2D eigenvalue weighted by Crippen LogP contribution is -2.55. The summed E-state index contributed by atoms with van der Waals surface area (Å²) in [6, 6.07) is 8.19. The van der Waals surface area contributed by atoms with Crippen molar-refractivity contribution in [3.05, 3.63) is 60.0 Å². The van der Waals surface area contributed by atoms with Crippen LogP contribution in [0.25, 0.3) is 32.9 Å². The van der Waals surface area contributed by atoms with Gasteiger partial charge in [-0.05, 0) is 61.9 Å². The van der Waals surface area contributed by atoms with Crippen molar-refractivity contribution in [2.75, 3.05) is 37.7 Å². The molecule has 4 aliphatic heterocycles. The fourth-order valence-corrected chi connectivity index (χ4v) is 8.54.